The van der Waals surface area contributed by atoms with Crippen molar-refractivity contribution in [2.45, 2.75) is 39.3 Å². The number of urea groups is 1. The van der Waals surface area contributed by atoms with E-state index in [1.165, 1.54) is 0 Å². The minimum absolute atomic E-state index is 0.0360. The molecule has 0 radical (unpaired) electrons. The maximum absolute atomic E-state index is 12.2. The number of rotatable bonds is 8. The number of benzene rings is 2. The van der Waals surface area contributed by atoms with E-state index >= 15 is 0 Å². The molecule has 1 aromatic heterocycles. The highest BCUT2D eigenvalue weighted by Crippen LogP contribution is 2.22. The zero-order valence-electron chi connectivity index (χ0n) is 17.3. The van der Waals surface area contributed by atoms with E-state index in [-0.39, 0.29) is 18.0 Å². The largest absolute Gasteiger partial charge is 0.461 e. The molecule has 2 aromatic carbocycles. The lowest BCUT2D eigenvalue weighted by atomic mass is 10.2. The molecule has 0 atom stereocenters. The van der Waals surface area contributed by atoms with Crippen LogP contribution in [0.3, 0.4) is 0 Å². The van der Waals surface area contributed by atoms with E-state index in [0.29, 0.717) is 25.1 Å². The molecule has 0 saturated carbocycles. The molecule has 6 nitrogen and oxygen atoms in total. The fraction of sp³-hybridized carbons (Fsp3) is 0.250. The summed E-state index contributed by atoms with van der Waals surface area (Å²) in [6, 6.07) is 21.0. The Bertz CT molecular complexity index is 963. The van der Waals surface area contributed by atoms with Gasteiger partial charge in [0, 0.05) is 36.7 Å². The Kier molecular flexibility index (Phi) is 7.27. The highest BCUT2D eigenvalue weighted by molar-refractivity contribution is 5.89. The highest BCUT2D eigenvalue weighted by Gasteiger charge is 2.08. The van der Waals surface area contributed by atoms with Crippen molar-refractivity contribution in [1.29, 1.82) is 0 Å². The lowest BCUT2D eigenvalue weighted by Gasteiger charge is -2.10. The second-order valence-electron chi connectivity index (χ2n) is 7.36. The number of nitrogens with one attached hydrogen (secondary N) is 3. The molecule has 0 fully saturated rings. The molecule has 0 aliphatic rings. The first-order chi connectivity index (χ1) is 14.5. The number of hydrogen-bond acceptors (Lipinski definition) is 3. The number of amides is 3. The van der Waals surface area contributed by atoms with Gasteiger partial charge in [0.25, 0.3) is 0 Å². The first-order valence-electron chi connectivity index (χ1n) is 10.1. The summed E-state index contributed by atoms with van der Waals surface area (Å²) >= 11 is 0. The second kappa shape index (κ2) is 10.3. The molecular formula is C24H27N3O3. The van der Waals surface area contributed by atoms with Gasteiger partial charge in [0.05, 0.1) is 0 Å². The van der Waals surface area contributed by atoms with Gasteiger partial charge in [-0.25, -0.2) is 4.79 Å². The van der Waals surface area contributed by atoms with Crippen LogP contribution in [0.5, 0.6) is 0 Å². The average Bonchev–Trinajstić information content (AvgIpc) is 3.21. The van der Waals surface area contributed by atoms with E-state index < -0.39 is 0 Å². The van der Waals surface area contributed by atoms with Gasteiger partial charge in [0.2, 0.25) is 5.91 Å². The number of anilines is 1. The molecule has 0 saturated heterocycles. The van der Waals surface area contributed by atoms with Gasteiger partial charge in [-0.3, -0.25) is 4.79 Å². The summed E-state index contributed by atoms with van der Waals surface area (Å²) in [4.78, 5) is 23.9. The van der Waals surface area contributed by atoms with E-state index in [1.54, 1.807) is 0 Å². The third-order valence-electron chi connectivity index (χ3n) is 4.44. The van der Waals surface area contributed by atoms with E-state index in [1.807, 2.05) is 80.6 Å². The summed E-state index contributed by atoms with van der Waals surface area (Å²) in [5, 5.41) is 8.45. The predicted octanol–water partition coefficient (Wildman–Crippen LogP) is 4.73. The van der Waals surface area contributed by atoms with Crippen molar-refractivity contribution in [1.82, 2.24) is 10.6 Å². The van der Waals surface area contributed by atoms with Gasteiger partial charge in [-0.2, -0.15) is 0 Å². The zero-order valence-corrected chi connectivity index (χ0v) is 17.3. The Balaban J connectivity index is 1.41. The van der Waals surface area contributed by atoms with Gasteiger partial charge in [-0.15, -0.1) is 0 Å². The van der Waals surface area contributed by atoms with Crippen LogP contribution in [0.25, 0.3) is 11.3 Å². The van der Waals surface area contributed by atoms with Gasteiger partial charge < -0.3 is 20.4 Å². The van der Waals surface area contributed by atoms with Gasteiger partial charge in [-0.05, 0) is 43.7 Å². The topological polar surface area (TPSA) is 83.4 Å². The lowest BCUT2D eigenvalue weighted by Crippen LogP contribution is -2.34. The third kappa shape index (κ3) is 6.51. The zero-order chi connectivity index (χ0) is 21.3. The average molecular weight is 405 g/mol. The summed E-state index contributed by atoms with van der Waals surface area (Å²) in [6.45, 7) is 4.24. The minimum Gasteiger partial charge on any atom is -0.461 e. The molecule has 0 spiro atoms. The van der Waals surface area contributed by atoms with Crippen molar-refractivity contribution in [3.05, 3.63) is 78.1 Å². The van der Waals surface area contributed by atoms with Gasteiger partial charge in [0.1, 0.15) is 11.5 Å². The predicted molar refractivity (Wildman–Crippen MR) is 118 cm³/mol. The molecule has 6 heteroatoms. The summed E-state index contributed by atoms with van der Waals surface area (Å²) in [5.74, 6) is 1.56. The Morgan fingerprint density at radius 2 is 1.67 bits per heavy atom. The van der Waals surface area contributed by atoms with E-state index in [0.717, 1.165) is 22.6 Å². The number of carbonyl (C=O) groups is 2. The van der Waals surface area contributed by atoms with Gasteiger partial charge >= 0.3 is 6.03 Å². The first-order valence-corrected chi connectivity index (χ1v) is 10.1. The lowest BCUT2D eigenvalue weighted by molar-refractivity contribution is -0.121. The van der Waals surface area contributed by atoms with Crippen LogP contribution in [0.4, 0.5) is 10.5 Å². The number of carbonyl (C=O) groups excluding carboxylic acids is 2. The van der Waals surface area contributed by atoms with Crippen molar-refractivity contribution in [3.63, 3.8) is 0 Å². The fourth-order valence-corrected chi connectivity index (χ4v) is 2.93. The summed E-state index contributed by atoms with van der Waals surface area (Å²) < 4.78 is 5.83. The van der Waals surface area contributed by atoms with E-state index in [4.69, 9.17) is 4.42 Å². The SMILES string of the molecule is CC(C)NC(=O)Nc1ccc(CNC(=O)CCc2ccc(-c3ccccc3)o2)cc1. The molecule has 3 amide bonds. The molecule has 3 N–H and O–H groups in total. The third-order valence-corrected chi connectivity index (χ3v) is 4.44. The number of hydrogen-bond donors (Lipinski definition) is 3. The van der Waals surface area contributed by atoms with Crippen LogP contribution in [0.15, 0.2) is 71.1 Å². The van der Waals surface area contributed by atoms with E-state index in [9.17, 15) is 9.59 Å². The maximum atomic E-state index is 12.2. The molecular weight excluding hydrogens is 378 g/mol. The summed E-state index contributed by atoms with van der Waals surface area (Å²) in [6.07, 6.45) is 0.906. The Morgan fingerprint density at radius 1 is 0.933 bits per heavy atom. The highest BCUT2D eigenvalue weighted by atomic mass is 16.3. The quantitative estimate of drug-likeness (QED) is 0.507. The Hall–Kier alpha value is -3.54. The van der Waals surface area contributed by atoms with Crippen LogP contribution in [0.1, 0.15) is 31.6 Å². The van der Waals surface area contributed by atoms with Gasteiger partial charge in [0.15, 0.2) is 0 Å². The fourth-order valence-electron chi connectivity index (χ4n) is 2.93. The van der Waals surface area contributed by atoms with Crippen LogP contribution in [0, 0.1) is 0 Å². The summed E-state index contributed by atoms with van der Waals surface area (Å²) in [5.41, 5.74) is 2.69. The Labute approximate surface area is 176 Å². The van der Waals surface area contributed by atoms with Crippen molar-refractivity contribution >= 4 is 17.6 Å². The Morgan fingerprint density at radius 3 is 2.37 bits per heavy atom. The van der Waals surface area contributed by atoms with Crippen LogP contribution >= 0.6 is 0 Å². The molecule has 0 bridgehead atoms. The van der Waals surface area contributed by atoms with Crippen molar-refractivity contribution in [2.24, 2.45) is 0 Å². The summed E-state index contributed by atoms with van der Waals surface area (Å²) in [7, 11) is 0. The molecule has 0 aliphatic heterocycles. The van der Waals surface area contributed by atoms with Crippen molar-refractivity contribution in [3.8, 4) is 11.3 Å². The second-order valence-corrected chi connectivity index (χ2v) is 7.36. The van der Waals surface area contributed by atoms with Crippen LogP contribution in [-0.4, -0.2) is 18.0 Å². The van der Waals surface area contributed by atoms with Gasteiger partial charge in [-0.1, -0.05) is 42.5 Å². The number of aryl methyl sites for hydroxylation is 1. The molecule has 1 heterocycles. The van der Waals surface area contributed by atoms with Crippen molar-refractivity contribution < 1.29 is 14.0 Å². The van der Waals surface area contributed by atoms with Crippen molar-refractivity contribution in [2.75, 3.05) is 5.32 Å². The maximum Gasteiger partial charge on any atom is 0.319 e. The molecule has 0 unspecified atom stereocenters. The van der Waals surface area contributed by atoms with Crippen LogP contribution in [-0.2, 0) is 17.8 Å². The minimum atomic E-state index is -0.237. The first kappa shape index (κ1) is 21.2. The molecule has 3 rings (SSSR count). The van der Waals surface area contributed by atoms with Crippen LogP contribution < -0.4 is 16.0 Å². The molecule has 0 aliphatic carbocycles. The standard InChI is InChI=1S/C24H27N3O3/c1-17(2)26-24(29)27-20-10-8-18(9-11-20)16-25-23(28)15-13-21-12-14-22(30-21)19-6-4-3-5-7-19/h3-12,14,17H,13,15-16H2,1-2H3,(H,25,28)(H2,26,27,29). The normalized spacial score (nSPS) is 10.6. The van der Waals surface area contributed by atoms with Crippen LogP contribution in [0.2, 0.25) is 0 Å². The monoisotopic (exact) mass is 405 g/mol. The smallest absolute Gasteiger partial charge is 0.319 e. The molecule has 30 heavy (non-hydrogen) atoms. The molecule has 156 valence electrons. The molecule has 3 aromatic rings. The van der Waals surface area contributed by atoms with E-state index in [2.05, 4.69) is 16.0 Å². The number of furan rings is 1.